The van der Waals surface area contributed by atoms with E-state index in [9.17, 15) is 13.2 Å². The van der Waals surface area contributed by atoms with Crippen LogP contribution in [0.2, 0.25) is 0 Å². The average molecular weight is 357 g/mol. The fourth-order valence-corrected chi connectivity index (χ4v) is 1.85. The zero-order valence-electron chi connectivity index (χ0n) is 9.76. The lowest BCUT2D eigenvalue weighted by Gasteiger charge is -2.12. The summed E-state index contributed by atoms with van der Waals surface area (Å²) in [6.45, 7) is -1.09. The number of halogens is 4. The highest BCUT2D eigenvalue weighted by Gasteiger charge is 2.27. The first-order chi connectivity index (χ1) is 8.79. The second-order valence-electron chi connectivity index (χ2n) is 3.65. The molecule has 0 saturated heterocycles. The van der Waals surface area contributed by atoms with E-state index < -0.39 is 12.8 Å². The van der Waals surface area contributed by atoms with Gasteiger partial charge in [0.2, 0.25) is 0 Å². The van der Waals surface area contributed by atoms with Crippen molar-refractivity contribution in [1.82, 2.24) is 0 Å². The maximum absolute atomic E-state index is 11.8. The maximum atomic E-state index is 11.8. The molecule has 1 aromatic carbocycles. The quantitative estimate of drug-likeness (QED) is 0.607. The molecule has 0 bridgehead atoms. The molecule has 3 nitrogen and oxygen atoms in total. The number of benzene rings is 1. The predicted octanol–water partition coefficient (Wildman–Crippen LogP) is 3.07. The van der Waals surface area contributed by atoms with Gasteiger partial charge in [-0.3, -0.25) is 0 Å². The van der Waals surface area contributed by atoms with Gasteiger partial charge in [0.15, 0.2) is 0 Å². The minimum atomic E-state index is -4.30. The zero-order chi connectivity index (χ0) is 14.5. The summed E-state index contributed by atoms with van der Waals surface area (Å²) in [5, 5.41) is 2.93. The molecule has 0 saturated carbocycles. The molecule has 8 heteroatoms. The molecule has 0 unspecified atom stereocenters. The summed E-state index contributed by atoms with van der Waals surface area (Å²) < 4.78 is 40.8. The Morgan fingerprint density at radius 1 is 1.42 bits per heavy atom. The van der Waals surface area contributed by atoms with Gasteiger partial charge in [0.05, 0.1) is 6.61 Å². The van der Waals surface area contributed by atoms with E-state index in [-0.39, 0.29) is 18.1 Å². The van der Waals surface area contributed by atoms with Gasteiger partial charge in [-0.25, -0.2) is 0 Å². The van der Waals surface area contributed by atoms with Crippen LogP contribution in [0.1, 0.15) is 5.56 Å². The Morgan fingerprint density at radius 3 is 2.68 bits per heavy atom. The van der Waals surface area contributed by atoms with Crippen molar-refractivity contribution >= 4 is 38.8 Å². The van der Waals surface area contributed by atoms with E-state index in [2.05, 4.69) is 26.0 Å². The highest BCUT2D eigenvalue weighted by molar-refractivity contribution is 9.10. The number of hydrogen-bond donors (Lipinski definition) is 2. The molecule has 0 heterocycles. The van der Waals surface area contributed by atoms with E-state index in [1.807, 2.05) is 0 Å². The molecule has 0 aliphatic carbocycles. The smallest absolute Gasteiger partial charge is 0.389 e. The predicted molar refractivity (Wildman–Crippen MR) is 75.4 cm³/mol. The largest absolute Gasteiger partial charge is 0.411 e. The Morgan fingerprint density at radius 2 is 2.11 bits per heavy atom. The van der Waals surface area contributed by atoms with Crippen molar-refractivity contribution in [1.29, 1.82) is 0 Å². The third kappa shape index (κ3) is 6.22. The molecular formula is C11H12BrF3N2OS. The molecule has 0 aromatic heterocycles. The molecule has 0 aliphatic rings. The minimum Gasteiger partial charge on any atom is -0.389 e. The van der Waals surface area contributed by atoms with Crippen LogP contribution in [-0.2, 0) is 4.74 Å². The molecule has 0 amide bonds. The number of nitrogens with one attached hydrogen (secondary N) is 1. The minimum absolute atomic E-state index is 0.0631. The number of ether oxygens (including phenoxy) is 1. The molecular weight excluding hydrogens is 345 g/mol. The van der Waals surface area contributed by atoms with Gasteiger partial charge in [0, 0.05) is 22.3 Å². The van der Waals surface area contributed by atoms with Crippen molar-refractivity contribution in [3.05, 3.63) is 28.2 Å². The van der Waals surface area contributed by atoms with Crippen LogP contribution in [0.25, 0.3) is 0 Å². The van der Waals surface area contributed by atoms with Crippen LogP contribution in [0, 0.1) is 0 Å². The summed E-state index contributed by atoms with van der Waals surface area (Å²) in [4.78, 5) is 0.208. The lowest BCUT2D eigenvalue weighted by Crippen LogP contribution is -2.21. The van der Waals surface area contributed by atoms with Gasteiger partial charge in [-0.05, 0) is 18.2 Å². The Kier molecular flexibility index (Phi) is 6.02. The number of anilines is 1. The molecule has 0 spiro atoms. The van der Waals surface area contributed by atoms with E-state index in [1.54, 1.807) is 18.2 Å². The van der Waals surface area contributed by atoms with Crippen LogP contribution in [-0.4, -0.2) is 30.9 Å². The number of hydrogen-bond acceptors (Lipinski definition) is 3. The van der Waals surface area contributed by atoms with Crippen LogP contribution in [0.5, 0.6) is 0 Å². The van der Waals surface area contributed by atoms with Gasteiger partial charge >= 0.3 is 6.18 Å². The molecule has 0 aliphatic heterocycles. The molecule has 0 fully saturated rings. The Hall–Kier alpha value is -0.860. The Balaban J connectivity index is 2.47. The summed E-state index contributed by atoms with van der Waals surface area (Å²) in [7, 11) is 0. The molecule has 0 atom stereocenters. The molecule has 106 valence electrons. The number of thiocarbonyl (C=S) groups is 1. The second kappa shape index (κ2) is 7.06. The van der Waals surface area contributed by atoms with Crippen molar-refractivity contribution in [2.45, 2.75) is 6.18 Å². The van der Waals surface area contributed by atoms with Crippen LogP contribution in [0.4, 0.5) is 18.9 Å². The highest BCUT2D eigenvalue weighted by Crippen LogP contribution is 2.21. The normalized spacial score (nSPS) is 11.4. The van der Waals surface area contributed by atoms with Crippen molar-refractivity contribution < 1.29 is 17.9 Å². The fraction of sp³-hybridized carbons (Fsp3) is 0.364. The van der Waals surface area contributed by atoms with Gasteiger partial charge < -0.3 is 15.8 Å². The first kappa shape index (κ1) is 16.2. The van der Waals surface area contributed by atoms with Crippen molar-refractivity contribution in [2.24, 2.45) is 5.73 Å². The molecule has 1 rings (SSSR count). The second-order valence-corrected chi connectivity index (χ2v) is 5.00. The van der Waals surface area contributed by atoms with Crippen molar-refractivity contribution in [3.63, 3.8) is 0 Å². The molecule has 3 N–H and O–H groups in total. The Labute approximate surface area is 122 Å². The van der Waals surface area contributed by atoms with Gasteiger partial charge in [-0.1, -0.05) is 28.1 Å². The Bertz CT molecular complexity index is 454. The van der Waals surface area contributed by atoms with Gasteiger partial charge in [-0.2, -0.15) is 13.2 Å². The molecule has 19 heavy (non-hydrogen) atoms. The number of rotatable bonds is 6. The average Bonchev–Trinajstić information content (AvgIpc) is 2.28. The SMILES string of the molecule is NC(=S)c1cc(Br)ccc1NCCOCC(F)(F)F. The van der Waals surface area contributed by atoms with Gasteiger partial charge in [-0.15, -0.1) is 0 Å². The third-order valence-electron chi connectivity index (χ3n) is 2.07. The maximum Gasteiger partial charge on any atom is 0.411 e. The lowest BCUT2D eigenvalue weighted by molar-refractivity contribution is -0.172. The first-order valence-corrected chi connectivity index (χ1v) is 6.47. The number of nitrogens with two attached hydrogens (primary N) is 1. The van der Waals surface area contributed by atoms with Gasteiger partial charge in [0.25, 0.3) is 0 Å². The van der Waals surface area contributed by atoms with Crippen LogP contribution >= 0.6 is 28.1 Å². The molecule has 1 aromatic rings. The number of alkyl halides is 3. The van der Waals surface area contributed by atoms with E-state index in [0.29, 0.717) is 11.3 Å². The summed E-state index contributed by atoms with van der Waals surface area (Å²) in [5.74, 6) is 0. The zero-order valence-corrected chi connectivity index (χ0v) is 12.2. The lowest BCUT2D eigenvalue weighted by atomic mass is 10.2. The van der Waals surface area contributed by atoms with E-state index >= 15 is 0 Å². The van der Waals surface area contributed by atoms with Crippen molar-refractivity contribution in [2.75, 3.05) is 25.1 Å². The molecule has 0 radical (unpaired) electrons. The standard InChI is InChI=1S/C11H12BrF3N2OS/c12-7-1-2-9(8(5-7)10(16)19)17-3-4-18-6-11(13,14)15/h1-2,5,17H,3-4,6H2,(H2,16,19). The summed E-state index contributed by atoms with van der Waals surface area (Å²) in [6.07, 6.45) is -4.30. The monoisotopic (exact) mass is 356 g/mol. The highest BCUT2D eigenvalue weighted by atomic mass is 79.9. The first-order valence-electron chi connectivity index (χ1n) is 5.27. The van der Waals surface area contributed by atoms with Crippen LogP contribution in [0.3, 0.4) is 0 Å². The summed E-state index contributed by atoms with van der Waals surface area (Å²) in [6, 6.07) is 5.25. The van der Waals surface area contributed by atoms with E-state index in [1.165, 1.54) is 0 Å². The van der Waals surface area contributed by atoms with Crippen LogP contribution in [0.15, 0.2) is 22.7 Å². The topological polar surface area (TPSA) is 47.3 Å². The van der Waals surface area contributed by atoms with E-state index in [0.717, 1.165) is 4.47 Å². The summed E-state index contributed by atoms with van der Waals surface area (Å²) >= 11 is 8.18. The van der Waals surface area contributed by atoms with E-state index in [4.69, 9.17) is 18.0 Å². The third-order valence-corrected chi connectivity index (χ3v) is 2.79. The van der Waals surface area contributed by atoms with Crippen molar-refractivity contribution in [3.8, 4) is 0 Å². The van der Waals surface area contributed by atoms with Crippen LogP contribution < -0.4 is 11.1 Å². The summed E-state index contributed by atoms with van der Waals surface area (Å²) in [5.41, 5.74) is 6.85. The van der Waals surface area contributed by atoms with Gasteiger partial charge in [0.1, 0.15) is 11.6 Å². The fourth-order valence-electron chi connectivity index (χ4n) is 1.32.